The number of carbonyl (C=O) groups excluding carboxylic acids is 2. The Hall–Kier alpha value is -5.78. The molecule has 1 unspecified atom stereocenters. The van der Waals surface area contributed by atoms with Gasteiger partial charge in [0.25, 0.3) is 5.91 Å². The number of rotatable bonds is 8. The van der Waals surface area contributed by atoms with Crippen LogP contribution in [-0.2, 0) is 21.0 Å². The number of hydrogen-bond acceptors (Lipinski definition) is 8. The summed E-state index contributed by atoms with van der Waals surface area (Å²) in [5.41, 5.74) is 5.60. The predicted octanol–water partition coefficient (Wildman–Crippen LogP) is 5.15. The zero-order valence-corrected chi connectivity index (χ0v) is 24.5. The molecule has 4 aromatic rings. The molecule has 12 nitrogen and oxygen atoms in total. The number of nitrogens with zero attached hydrogens (tertiary/aromatic N) is 2. The van der Waals surface area contributed by atoms with Gasteiger partial charge >= 0.3 is 24.3 Å². The molecular weight excluding hydrogens is 658 g/mol. The molecule has 0 spiro atoms. The van der Waals surface area contributed by atoms with Crippen LogP contribution >= 0.6 is 0 Å². The van der Waals surface area contributed by atoms with Crippen LogP contribution < -0.4 is 15.5 Å². The third-order valence-electron chi connectivity index (χ3n) is 5.85. The lowest BCUT2D eigenvalue weighted by atomic mass is 10.0. The molecule has 2 aromatic carbocycles. The van der Waals surface area contributed by atoms with Gasteiger partial charge in [-0.1, -0.05) is 18.2 Å². The van der Waals surface area contributed by atoms with Gasteiger partial charge in [0.05, 0.1) is 18.0 Å². The number of benzene rings is 2. The molecule has 0 aliphatic rings. The van der Waals surface area contributed by atoms with E-state index in [-0.39, 0.29) is 12.3 Å². The van der Waals surface area contributed by atoms with Crippen molar-refractivity contribution < 1.29 is 65.7 Å². The summed E-state index contributed by atoms with van der Waals surface area (Å²) in [6.45, 7) is 2.32. The van der Waals surface area contributed by atoms with Gasteiger partial charge < -0.3 is 20.3 Å². The number of ether oxygens (including phenoxy) is 1. The molecular formula is C30H26F6N4O8. The first kappa shape index (κ1) is 38.4. The Balaban J connectivity index is 0.000000479. The van der Waals surface area contributed by atoms with Crippen LogP contribution in [0.5, 0.6) is 5.75 Å². The number of nitrogens with one attached hydrogen (secondary N) is 2. The molecule has 0 aliphatic carbocycles. The Kier molecular flexibility index (Phi) is 13.8. The van der Waals surface area contributed by atoms with E-state index in [1.54, 1.807) is 54.3 Å². The van der Waals surface area contributed by atoms with E-state index >= 15 is 0 Å². The Morgan fingerprint density at radius 2 is 1.40 bits per heavy atom. The van der Waals surface area contributed by atoms with Gasteiger partial charge in [-0.15, -0.1) is 0 Å². The number of aromatic nitrogens is 2. The molecule has 0 fully saturated rings. The van der Waals surface area contributed by atoms with Crippen molar-refractivity contribution in [3.63, 3.8) is 0 Å². The van der Waals surface area contributed by atoms with Gasteiger partial charge in [-0.3, -0.25) is 24.8 Å². The summed E-state index contributed by atoms with van der Waals surface area (Å²) >= 11 is 0. The van der Waals surface area contributed by atoms with Crippen LogP contribution in [0, 0.1) is 6.92 Å². The highest BCUT2D eigenvalue weighted by molar-refractivity contribution is 5.95. The first-order valence-electron chi connectivity index (χ1n) is 13.2. The molecule has 0 radical (unpaired) electrons. The quantitative estimate of drug-likeness (QED) is 0.0944. The zero-order chi connectivity index (χ0) is 36.1. The molecule has 2 aromatic heterocycles. The number of carboxylic acids is 2. The van der Waals surface area contributed by atoms with Crippen molar-refractivity contribution in [2.45, 2.75) is 38.3 Å². The molecule has 0 aliphatic heterocycles. The Morgan fingerprint density at radius 3 is 1.92 bits per heavy atom. The second-order valence-electron chi connectivity index (χ2n) is 9.40. The topological polar surface area (TPSA) is 188 Å². The molecule has 5 N–H and O–H groups in total. The molecule has 0 saturated heterocycles. The summed E-state index contributed by atoms with van der Waals surface area (Å²) in [4.78, 5) is 50.8. The number of fused-ring (bicyclic) bond motifs is 1. The van der Waals surface area contributed by atoms with Crippen molar-refractivity contribution in [2.75, 3.05) is 0 Å². The molecule has 0 bridgehead atoms. The monoisotopic (exact) mass is 684 g/mol. The van der Waals surface area contributed by atoms with Gasteiger partial charge in [0.1, 0.15) is 12.4 Å². The summed E-state index contributed by atoms with van der Waals surface area (Å²) in [5.74, 6) is -5.85. The van der Waals surface area contributed by atoms with Gasteiger partial charge in [0.2, 0.25) is 5.91 Å². The van der Waals surface area contributed by atoms with Crippen molar-refractivity contribution in [3.8, 4) is 5.75 Å². The predicted molar refractivity (Wildman–Crippen MR) is 154 cm³/mol. The van der Waals surface area contributed by atoms with E-state index in [9.17, 15) is 35.9 Å². The van der Waals surface area contributed by atoms with Gasteiger partial charge in [0.15, 0.2) is 0 Å². The minimum absolute atomic E-state index is 0.118. The maximum absolute atomic E-state index is 12.8. The zero-order valence-electron chi connectivity index (χ0n) is 24.5. The van der Waals surface area contributed by atoms with Gasteiger partial charge in [-0.25, -0.2) is 15.1 Å². The SMILES string of the molecule is Cc1cc(COc2ccc(C(=O)NC(CC(=O)NO)c3ccncc3)cc2)c2ccccc2n1.O=C(O)C(F)(F)F.O=C(O)C(F)(F)F. The lowest BCUT2D eigenvalue weighted by Crippen LogP contribution is -2.32. The van der Waals surface area contributed by atoms with E-state index in [2.05, 4.69) is 15.3 Å². The van der Waals surface area contributed by atoms with E-state index < -0.39 is 36.2 Å². The smallest absolute Gasteiger partial charge is 0.489 e. The number of aliphatic carboxylic acids is 2. The fourth-order valence-electron chi connectivity index (χ4n) is 3.70. The standard InChI is InChI=1S/C26H24N4O4.2C2HF3O2/c1-17-14-20(22-4-2-3-5-23(22)28-17)16-34-21-8-6-19(7-9-21)26(32)29-24(15-25(31)30-33)18-10-12-27-13-11-18;2*3-2(4,5)1(6)7/h2-14,24,33H,15-16H2,1H3,(H,29,32)(H,30,31);2*(H,6,7). The number of carboxylic acid groups (broad SMARTS) is 2. The van der Waals surface area contributed by atoms with Crippen molar-refractivity contribution >= 4 is 34.7 Å². The number of amides is 2. The normalized spacial score (nSPS) is 11.5. The first-order valence-corrected chi connectivity index (χ1v) is 13.2. The molecule has 2 amide bonds. The van der Waals surface area contributed by atoms with Crippen LogP contribution in [0.15, 0.2) is 79.1 Å². The van der Waals surface area contributed by atoms with E-state index in [1.807, 2.05) is 37.3 Å². The first-order chi connectivity index (χ1) is 22.4. The lowest BCUT2D eigenvalue weighted by Gasteiger charge is -2.18. The number of hydroxylamine groups is 1. The average molecular weight is 685 g/mol. The van der Waals surface area contributed by atoms with Crippen molar-refractivity contribution in [3.05, 3.63) is 102 Å². The van der Waals surface area contributed by atoms with Crippen LogP contribution in [0.25, 0.3) is 10.9 Å². The van der Waals surface area contributed by atoms with Gasteiger partial charge in [-0.2, -0.15) is 26.3 Å². The van der Waals surface area contributed by atoms with Crippen molar-refractivity contribution in [2.24, 2.45) is 0 Å². The molecule has 48 heavy (non-hydrogen) atoms. The summed E-state index contributed by atoms with van der Waals surface area (Å²) in [6.07, 6.45) is -7.14. The molecule has 2 heterocycles. The van der Waals surface area contributed by atoms with Crippen LogP contribution in [0.2, 0.25) is 0 Å². The highest BCUT2D eigenvalue weighted by atomic mass is 19.4. The number of carbonyl (C=O) groups is 4. The van der Waals surface area contributed by atoms with Crippen molar-refractivity contribution in [1.29, 1.82) is 0 Å². The maximum atomic E-state index is 12.8. The average Bonchev–Trinajstić information content (AvgIpc) is 3.03. The van der Waals surface area contributed by atoms with Gasteiger partial charge in [-0.05, 0) is 61.0 Å². The van der Waals surface area contributed by atoms with E-state index in [4.69, 9.17) is 29.7 Å². The maximum Gasteiger partial charge on any atom is 0.490 e. The van der Waals surface area contributed by atoms with Gasteiger partial charge in [0, 0.05) is 34.6 Å². The molecule has 4 rings (SSSR count). The second kappa shape index (κ2) is 17.2. The number of alkyl halides is 6. The Labute approximate surface area is 267 Å². The number of halogens is 6. The second-order valence-corrected chi connectivity index (χ2v) is 9.40. The minimum Gasteiger partial charge on any atom is -0.489 e. The van der Waals surface area contributed by atoms with Crippen LogP contribution in [0.4, 0.5) is 26.3 Å². The summed E-state index contributed by atoms with van der Waals surface area (Å²) < 4.78 is 69.4. The van der Waals surface area contributed by atoms with E-state index in [0.29, 0.717) is 23.5 Å². The summed E-state index contributed by atoms with van der Waals surface area (Å²) in [6, 6.07) is 19.5. The summed E-state index contributed by atoms with van der Waals surface area (Å²) in [7, 11) is 0. The Morgan fingerprint density at radius 1 is 0.854 bits per heavy atom. The molecule has 256 valence electrons. The number of hydrogen-bond donors (Lipinski definition) is 5. The van der Waals surface area contributed by atoms with Crippen molar-refractivity contribution in [1.82, 2.24) is 20.8 Å². The highest BCUT2D eigenvalue weighted by Crippen LogP contribution is 2.22. The van der Waals surface area contributed by atoms with Crippen LogP contribution in [0.3, 0.4) is 0 Å². The van der Waals surface area contributed by atoms with E-state index in [0.717, 1.165) is 22.2 Å². The lowest BCUT2D eigenvalue weighted by molar-refractivity contribution is -0.193. The fraction of sp³-hybridized carbons (Fsp3) is 0.200. The van der Waals surface area contributed by atoms with Crippen LogP contribution in [-0.4, -0.2) is 61.5 Å². The number of para-hydroxylation sites is 1. The van der Waals surface area contributed by atoms with Crippen LogP contribution in [0.1, 0.15) is 39.6 Å². The number of pyridine rings is 2. The minimum atomic E-state index is -5.08. The fourth-order valence-corrected chi connectivity index (χ4v) is 3.70. The largest absolute Gasteiger partial charge is 0.490 e. The van der Waals surface area contributed by atoms with E-state index in [1.165, 1.54) is 0 Å². The molecule has 0 saturated carbocycles. The number of aryl methyl sites for hydroxylation is 1. The summed E-state index contributed by atoms with van der Waals surface area (Å²) in [5, 5.41) is 27.0. The third kappa shape index (κ3) is 12.5. The Bertz CT molecular complexity index is 1680. The molecule has 18 heteroatoms. The third-order valence-corrected chi connectivity index (χ3v) is 5.85. The molecule has 1 atom stereocenters. The highest BCUT2D eigenvalue weighted by Gasteiger charge is 2.38.